The van der Waals surface area contributed by atoms with Crippen LogP contribution < -0.4 is 5.32 Å². The molecule has 5 nitrogen and oxygen atoms in total. The first-order valence-corrected chi connectivity index (χ1v) is 9.26. The third kappa shape index (κ3) is 2.57. The number of amides is 1. The molecule has 1 saturated carbocycles. The first-order valence-electron chi connectivity index (χ1n) is 7.59. The molecule has 2 aromatic rings. The van der Waals surface area contributed by atoms with E-state index in [2.05, 4.69) is 30.9 Å². The summed E-state index contributed by atoms with van der Waals surface area (Å²) in [6.07, 6.45) is 5.05. The number of rotatable bonds is 4. The van der Waals surface area contributed by atoms with Crippen LogP contribution in [0.25, 0.3) is 0 Å². The molecule has 22 heavy (non-hydrogen) atoms. The van der Waals surface area contributed by atoms with Gasteiger partial charge in [0.25, 0.3) is 5.91 Å². The zero-order valence-corrected chi connectivity index (χ0v) is 13.8. The molecule has 7 heteroatoms. The van der Waals surface area contributed by atoms with Crippen LogP contribution in [0.1, 0.15) is 35.3 Å². The molecule has 2 aliphatic rings. The largest absolute Gasteiger partial charge is 0.329 e. The van der Waals surface area contributed by atoms with Crippen molar-refractivity contribution in [1.82, 2.24) is 19.0 Å². The van der Waals surface area contributed by atoms with Crippen LogP contribution in [0.4, 0.5) is 0 Å². The van der Waals surface area contributed by atoms with Gasteiger partial charge in [0.1, 0.15) is 0 Å². The number of nitrogens with zero attached hydrogens (tertiary/aromatic N) is 3. The molecule has 2 aromatic heterocycles. The Bertz CT molecular complexity index is 635. The van der Waals surface area contributed by atoms with Gasteiger partial charge in [0, 0.05) is 12.6 Å². The van der Waals surface area contributed by atoms with Crippen LogP contribution in [-0.4, -0.2) is 38.7 Å². The Balaban J connectivity index is 1.57. The van der Waals surface area contributed by atoms with Crippen molar-refractivity contribution in [3.8, 4) is 0 Å². The average molecular weight is 334 g/mol. The molecule has 1 spiro atoms. The number of piperidine rings is 1. The maximum Gasteiger partial charge on any atom is 0.275 e. The number of thiophene rings is 1. The van der Waals surface area contributed by atoms with Crippen LogP contribution in [0.5, 0.6) is 0 Å². The second kappa shape index (κ2) is 5.72. The highest BCUT2D eigenvalue weighted by Gasteiger charge is 2.57. The van der Waals surface area contributed by atoms with Gasteiger partial charge in [-0.15, -0.1) is 0 Å². The first-order chi connectivity index (χ1) is 10.8. The smallest absolute Gasteiger partial charge is 0.275 e. The molecule has 1 saturated heterocycles. The van der Waals surface area contributed by atoms with E-state index in [0.717, 1.165) is 31.2 Å². The van der Waals surface area contributed by atoms with Crippen LogP contribution in [0.15, 0.2) is 23.0 Å². The van der Waals surface area contributed by atoms with Crippen molar-refractivity contribution in [2.45, 2.75) is 31.8 Å². The van der Waals surface area contributed by atoms with Gasteiger partial charge in [-0.2, -0.15) is 20.1 Å². The zero-order chi connectivity index (χ0) is 15.0. The fourth-order valence-electron chi connectivity index (χ4n) is 3.54. The van der Waals surface area contributed by atoms with Gasteiger partial charge < -0.3 is 10.2 Å². The van der Waals surface area contributed by atoms with E-state index in [1.54, 1.807) is 17.5 Å². The molecule has 1 aliphatic heterocycles. The number of aromatic nitrogens is 2. The molecule has 1 atom stereocenters. The molecule has 4 rings (SSSR count). The molecule has 3 heterocycles. The summed E-state index contributed by atoms with van der Waals surface area (Å²) in [4.78, 5) is 14.9. The van der Waals surface area contributed by atoms with Gasteiger partial charge in [0.15, 0.2) is 5.69 Å². The predicted molar refractivity (Wildman–Crippen MR) is 87.0 cm³/mol. The molecule has 1 unspecified atom stereocenters. The van der Waals surface area contributed by atoms with E-state index in [-0.39, 0.29) is 5.91 Å². The summed E-state index contributed by atoms with van der Waals surface area (Å²) in [5.41, 5.74) is 2.02. The lowest BCUT2D eigenvalue weighted by Gasteiger charge is -2.29. The summed E-state index contributed by atoms with van der Waals surface area (Å²) in [5.74, 6) is 0.0281. The topological polar surface area (TPSA) is 58.1 Å². The van der Waals surface area contributed by atoms with E-state index in [1.165, 1.54) is 18.4 Å². The van der Waals surface area contributed by atoms with Gasteiger partial charge >= 0.3 is 0 Å². The fraction of sp³-hybridized carbons (Fsp3) is 0.533. The van der Waals surface area contributed by atoms with Crippen molar-refractivity contribution in [3.63, 3.8) is 0 Å². The summed E-state index contributed by atoms with van der Waals surface area (Å²) in [7, 11) is 0. The van der Waals surface area contributed by atoms with Crippen LogP contribution in [0.3, 0.4) is 0 Å². The van der Waals surface area contributed by atoms with Gasteiger partial charge in [-0.25, -0.2) is 0 Å². The van der Waals surface area contributed by atoms with Crippen molar-refractivity contribution in [2.24, 2.45) is 5.41 Å². The van der Waals surface area contributed by atoms with Crippen molar-refractivity contribution >= 4 is 29.0 Å². The van der Waals surface area contributed by atoms with Gasteiger partial charge in [-0.3, -0.25) is 4.79 Å². The molecule has 1 amide bonds. The minimum absolute atomic E-state index is 0.0281. The maximum absolute atomic E-state index is 12.9. The molecule has 1 N–H and O–H groups in total. The quantitative estimate of drug-likeness (QED) is 0.933. The monoisotopic (exact) mass is 334 g/mol. The molecule has 0 radical (unpaired) electrons. The summed E-state index contributed by atoms with van der Waals surface area (Å²) < 4.78 is 8.12. The molecule has 2 fully saturated rings. The molecule has 0 bridgehead atoms. The standard InChI is InChI=1S/C15H18N4OS2/c20-14(12-8-17-22-18-12)19(9-11-1-6-21-10-11)13-7-15(13)2-4-16-5-3-15/h1,6,8,10,13,16H,2-5,7,9H2. The van der Waals surface area contributed by atoms with Gasteiger partial charge in [0.2, 0.25) is 0 Å². The highest BCUT2D eigenvalue weighted by atomic mass is 32.1. The second-order valence-electron chi connectivity index (χ2n) is 6.19. The van der Waals surface area contributed by atoms with E-state index >= 15 is 0 Å². The fourth-order valence-corrected chi connectivity index (χ4v) is 4.60. The minimum atomic E-state index is 0.0281. The van der Waals surface area contributed by atoms with Crippen molar-refractivity contribution in [3.05, 3.63) is 34.3 Å². The summed E-state index contributed by atoms with van der Waals surface area (Å²) in [6.45, 7) is 2.81. The molecule has 116 valence electrons. The van der Waals surface area contributed by atoms with Crippen LogP contribution in [-0.2, 0) is 6.54 Å². The Labute approximate surface area is 137 Å². The van der Waals surface area contributed by atoms with Crippen molar-refractivity contribution < 1.29 is 4.79 Å². The normalized spacial score (nSPS) is 22.6. The van der Waals surface area contributed by atoms with E-state index in [9.17, 15) is 4.79 Å². The second-order valence-corrected chi connectivity index (χ2v) is 7.53. The Kier molecular flexibility index (Phi) is 3.71. The van der Waals surface area contributed by atoms with Crippen molar-refractivity contribution in [1.29, 1.82) is 0 Å². The lowest BCUT2D eigenvalue weighted by Crippen LogP contribution is -2.39. The van der Waals surface area contributed by atoms with Crippen LogP contribution >= 0.6 is 23.1 Å². The summed E-state index contributed by atoms with van der Waals surface area (Å²) in [6, 6.07) is 2.45. The summed E-state index contributed by atoms with van der Waals surface area (Å²) in [5, 5.41) is 7.61. The first kappa shape index (κ1) is 14.3. The average Bonchev–Trinajstić information content (AvgIpc) is 3.02. The van der Waals surface area contributed by atoms with E-state index in [1.807, 2.05) is 4.90 Å². The van der Waals surface area contributed by atoms with Gasteiger partial charge in [-0.1, -0.05) is 0 Å². The Morgan fingerprint density at radius 2 is 2.32 bits per heavy atom. The third-order valence-corrected chi connectivity index (χ3v) is 6.11. The molecular formula is C15H18N4OS2. The number of hydrogen-bond donors (Lipinski definition) is 1. The SMILES string of the molecule is O=C(c1cnsn1)N(Cc1ccsc1)C1CC12CCNCC2. The van der Waals surface area contributed by atoms with E-state index in [4.69, 9.17) is 0 Å². The predicted octanol–water partition coefficient (Wildman–Crippen LogP) is 2.38. The molecular weight excluding hydrogens is 316 g/mol. The molecule has 1 aliphatic carbocycles. The van der Waals surface area contributed by atoms with Crippen LogP contribution in [0.2, 0.25) is 0 Å². The van der Waals surface area contributed by atoms with Crippen LogP contribution in [0, 0.1) is 5.41 Å². The Hall–Kier alpha value is -1.31. The number of hydrogen-bond acceptors (Lipinski definition) is 6. The van der Waals surface area contributed by atoms with E-state index < -0.39 is 0 Å². The third-order valence-electron chi connectivity index (χ3n) is 4.90. The maximum atomic E-state index is 12.9. The lowest BCUT2D eigenvalue weighted by molar-refractivity contribution is 0.0687. The zero-order valence-electron chi connectivity index (χ0n) is 12.2. The van der Waals surface area contributed by atoms with E-state index in [0.29, 0.717) is 23.7 Å². The highest BCUT2D eigenvalue weighted by Crippen LogP contribution is 2.56. The number of nitrogens with one attached hydrogen (secondary N) is 1. The highest BCUT2D eigenvalue weighted by molar-refractivity contribution is 7.07. The Morgan fingerprint density at radius 1 is 1.45 bits per heavy atom. The number of carbonyl (C=O) groups excluding carboxylic acids is 1. The lowest BCUT2D eigenvalue weighted by atomic mass is 9.93. The number of carbonyl (C=O) groups is 1. The Morgan fingerprint density at radius 3 is 3.00 bits per heavy atom. The van der Waals surface area contributed by atoms with Gasteiger partial charge in [0.05, 0.1) is 17.9 Å². The molecule has 0 aromatic carbocycles. The van der Waals surface area contributed by atoms with Crippen molar-refractivity contribution in [2.75, 3.05) is 13.1 Å². The van der Waals surface area contributed by atoms with Gasteiger partial charge in [-0.05, 0) is 60.2 Å². The summed E-state index contributed by atoms with van der Waals surface area (Å²) >= 11 is 2.77. The minimum Gasteiger partial charge on any atom is -0.329 e.